The molecule has 0 bridgehead atoms. The van der Waals surface area contributed by atoms with E-state index in [9.17, 15) is 13.2 Å². The number of ether oxygens (including phenoxy) is 1. The van der Waals surface area contributed by atoms with Gasteiger partial charge in [-0.2, -0.15) is 0 Å². The summed E-state index contributed by atoms with van der Waals surface area (Å²) in [5, 5.41) is 5.53. The van der Waals surface area contributed by atoms with Crippen LogP contribution in [-0.4, -0.2) is 26.5 Å². The van der Waals surface area contributed by atoms with Crippen molar-refractivity contribution in [3.8, 4) is 5.75 Å². The van der Waals surface area contributed by atoms with E-state index in [4.69, 9.17) is 17.0 Å². The number of hydrogen-bond donors (Lipinski definition) is 3. The summed E-state index contributed by atoms with van der Waals surface area (Å²) in [6.07, 6.45) is 0. The molecular formula is C21H18BrN3O4S2. The minimum Gasteiger partial charge on any atom is -0.497 e. The number of anilines is 2. The van der Waals surface area contributed by atoms with Crippen molar-refractivity contribution in [3.05, 3.63) is 82.8 Å². The zero-order chi connectivity index (χ0) is 22.4. The quantitative estimate of drug-likeness (QED) is 0.418. The lowest BCUT2D eigenvalue weighted by Crippen LogP contribution is -2.34. The molecule has 0 saturated carbocycles. The number of carbonyl (C=O) groups excluding carboxylic acids is 1. The molecule has 0 fully saturated rings. The predicted molar refractivity (Wildman–Crippen MR) is 128 cm³/mol. The Morgan fingerprint density at radius 2 is 1.61 bits per heavy atom. The molecule has 0 radical (unpaired) electrons. The molecule has 31 heavy (non-hydrogen) atoms. The summed E-state index contributed by atoms with van der Waals surface area (Å²) in [7, 11) is -2.23. The molecule has 0 aromatic heterocycles. The Labute approximate surface area is 194 Å². The third kappa shape index (κ3) is 6.27. The van der Waals surface area contributed by atoms with Gasteiger partial charge >= 0.3 is 0 Å². The number of rotatable bonds is 6. The van der Waals surface area contributed by atoms with Crippen LogP contribution in [0.1, 0.15) is 10.4 Å². The van der Waals surface area contributed by atoms with Gasteiger partial charge < -0.3 is 10.1 Å². The highest BCUT2D eigenvalue weighted by atomic mass is 79.9. The molecule has 10 heteroatoms. The molecule has 0 saturated heterocycles. The minimum absolute atomic E-state index is 0.0814. The molecule has 0 aliphatic carbocycles. The van der Waals surface area contributed by atoms with Crippen LogP contribution in [0.25, 0.3) is 0 Å². The molecule has 1 amide bonds. The highest BCUT2D eigenvalue weighted by Gasteiger charge is 2.15. The maximum Gasteiger partial charge on any atom is 0.261 e. The van der Waals surface area contributed by atoms with E-state index >= 15 is 0 Å². The number of sulfonamides is 1. The van der Waals surface area contributed by atoms with Crippen molar-refractivity contribution in [2.45, 2.75) is 4.90 Å². The average molecular weight is 520 g/mol. The fraction of sp³-hybridized carbons (Fsp3) is 0.0476. The van der Waals surface area contributed by atoms with Crippen LogP contribution >= 0.6 is 28.1 Å². The Kier molecular flexibility index (Phi) is 7.26. The Morgan fingerprint density at radius 3 is 2.23 bits per heavy atom. The van der Waals surface area contributed by atoms with E-state index in [0.717, 1.165) is 4.47 Å². The molecule has 0 atom stereocenters. The Hall–Kier alpha value is -2.95. The van der Waals surface area contributed by atoms with Gasteiger partial charge in [-0.15, -0.1) is 0 Å². The molecule has 0 unspecified atom stereocenters. The van der Waals surface area contributed by atoms with Crippen LogP contribution in [0, 0.1) is 0 Å². The fourth-order valence-corrected chi connectivity index (χ4v) is 4.23. The summed E-state index contributed by atoms with van der Waals surface area (Å²) < 4.78 is 33.5. The summed E-state index contributed by atoms with van der Waals surface area (Å²) in [4.78, 5) is 12.3. The first kappa shape index (κ1) is 22.7. The molecule has 0 aliphatic rings. The Balaban J connectivity index is 1.62. The standard InChI is InChI=1S/C21H18BrN3O4S2/c1-29-18-9-5-17(6-10-18)25-31(27,28)19-11-7-16(8-12-19)23-21(30)24-20(26)14-3-2-4-15(22)13-14/h2-13,25H,1H3,(H2,23,24,26,30). The van der Waals surface area contributed by atoms with Gasteiger partial charge in [-0.3, -0.25) is 14.8 Å². The van der Waals surface area contributed by atoms with Gasteiger partial charge in [-0.25, -0.2) is 8.42 Å². The van der Waals surface area contributed by atoms with Crippen molar-refractivity contribution >= 4 is 60.6 Å². The van der Waals surface area contributed by atoms with Crippen molar-refractivity contribution in [2.75, 3.05) is 17.1 Å². The summed E-state index contributed by atoms with van der Waals surface area (Å²) in [6.45, 7) is 0. The van der Waals surface area contributed by atoms with Crippen LogP contribution in [0.3, 0.4) is 0 Å². The van der Waals surface area contributed by atoms with Crippen molar-refractivity contribution in [1.82, 2.24) is 5.32 Å². The maximum atomic E-state index is 12.6. The largest absolute Gasteiger partial charge is 0.497 e. The fourth-order valence-electron chi connectivity index (χ4n) is 2.56. The molecule has 0 aliphatic heterocycles. The number of nitrogens with one attached hydrogen (secondary N) is 3. The molecule has 3 N–H and O–H groups in total. The first-order valence-electron chi connectivity index (χ1n) is 8.92. The lowest BCUT2D eigenvalue weighted by molar-refractivity contribution is 0.0977. The molecule has 0 heterocycles. The van der Waals surface area contributed by atoms with E-state index in [-0.39, 0.29) is 15.9 Å². The number of carbonyl (C=O) groups is 1. The second-order valence-corrected chi connectivity index (χ2v) is 9.28. The third-order valence-electron chi connectivity index (χ3n) is 4.08. The number of methoxy groups -OCH3 is 1. The molecule has 3 aromatic rings. The van der Waals surface area contributed by atoms with Gasteiger partial charge in [0.15, 0.2) is 5.11 Å². The van der Waals surface area contributed by atoms with E-state index in [2.05, 4.69) is 31.3 Å². The molecular weight excluding hydrogens is 502 g/mol. The van der Waals surface area contributed by atoms with Crippen LogP contribution < -0.4 is 20.1 Å². The highest BCUT2D eigenvalue weighted by Crippen LogP contribution is 2.20. The zero-order valence-corrected chi connectivity index (χ0v) is 19.5. The van der Waals surface area contributed by atoms with Crippen LogP contribution in [0.15, 0.2) is 82.2 Å². The summed E-state index contributed by atoms with van der Waals surface area (Å²) in [6, 6.07) is 19.4. The van der Waals surface area contributed by atoms with Gasteiger partial charge in [0.2, 0.25) is 0 Å². The first-order chi connectivity index (χ1) is 14.8. The maximum absolute atomic E-state index is 12.6. The first-order valence-corrected chi connectivity index (χ1v) is 11.6. The zero-order valence-electron chi connectivity index (χ0n) is 16.3. The second kappa shape index (κ2) is 9.90. The second-order valence-electron chi connectivity index (χ2n) is 6.28. The number of hydrogen-bond acceptors (Lipinski definition) is 5. The summed E-state index contributed by atoms with van der Waals surface area (Å²) >= 11 is 8.48. The van der Waals surface area contributed by atoms with E-state index in [1.807, 2.05) is 6.07 Å². The molecule has 7 nitrogen and oxygen atoms in total. The van der Waals surface area contributed by atoms with Crippen molar-refractivity contribution in [2.24, 2.45) is 0 Å². The number of amides is 1. The normalized spacial score (nSPS) is 10.8. The van der Waals surface area contributed by atoms with Crippen molar-refractivity contribution < 1.29 is 17.9 Å². The number of benzene rings is 3. The average Bonchev–Trinajstić information content (AvgIpc) is 2.74. The molecule has 3 aromatic carbocycles. The SMILES string of the molecule is COc1ccc(NS(=O)(=O)c2ccc(NC(=S)NC(=O)c3cccc(Br)c3)cc2)cc1. The van der Waals surface area contributed by atoms with Crippen LogP contribution in [-0.2, 0) is 10.0 Å². The van der Waals surface area contributed by atoms with Crippen molar-refractivity contribution in [1.29, 1.82) is 0 Å². The lowest BCUT2D eigenvalue weighted by atomic mass is 10.2. The predicted octanol–water partition coefficient (Wildman–Crippen LogP) is 4.39. The van der Waals surface area contributed by atoms with Gasteiger partial charge in [-0.1, -0.05) is 22.0 Å². The topological polar surface area (TPSA) is 96.5 Å². The molecule has 160 valence electrons. The monoisotopic (exact) mass is 519 g/mol. The minimum atomic E-state index is -3.76. The Bertz CT molecular complexity index is 1200. The number of thiocarbonyl (C=S) groups is 1. The van der Waals surface area contributed by atoms with Gasteiger partial charge in [0.25, 0.3) is 15.9 Å². The van der Waals surface area contributed by atoms with Gasteiger partial charge in [0.1, 0.15) is 5.75 Å². The van der Waals surface area contributed by atoms with E-state index in [1.54, 1.807) is 54.6 Å². The van der Waals surface area contributed by atoms with E-state index in [0.29, 0.717) is 22.7 Å². The molecule has 0 spiro atoms. The third-order valence-corrected chi connectivity index (χ3v) is 6.17. The van der Waals surface area contributed by atoms with Crippen LogP contribution in [0.2, 0.25) is 0 Å². The van der Waals surface area contributed by atoms with Gasteiger partial charge in [0.05, 0.1) is 12.0 Å². The Morgan fingerprint density at radius 1 is 0.968 bits per heavy atom. The smallest absolute Gasteiger partial charge is 0.261 e. The van der Waals surface area contributed by atoms with Gasteiger partial charge in [0, 0.05) is 21.4 Å². The van der Waals surface area contributed by atoms with Crippen LogP contribution in [0.4, 0.5) is 11.4 Å². The van der Waals surface area contributed by atoms with E-state index in [1.165, 1.54) is 19.2 Å². The van der Waals surface area contributed by atoms with Gasteiger partial charge in [-0.05, 0) is 78.9 Å². The van der Waals surface area contributed by atoms with Crippen molar-refractivity contribution in [3.63, 3.8) is 0 Å². The summed E-state index contributed by atoms with van der Waals surface area (Å²) in [5.74, 6) is 0.267. The summed E-state index contributed by atoms with van der Waals surface area (Å²) in [5.41, 5.74) is 1.40. The highest BCUT2D eigenvalue weighted by molar-refractivity contribution is 9.10. The lowest BCUT2D eigenvalue weighted by Gasteiger charge is -2.11. The molecule has 3 rings (SSSR count). The van der Waals surface area contributed by atoms with Crippen LogP contribution in [0.5, 0.6) is 5.75 Å². The number of halogens is 1. The van der Waals surface area contributed by atoms with E-state index < -0.39 is 10.0 Å².